The molecule has 1 atom stereocenters. The molecule has 26 heavy (non-hydrogen) atoms. The van der Waals surface area contributed by atoms with Crippen LogP contribution in [0.15, 0.2) is 45.9 Å². The fourth-order valence-electron chi connectivity index (χ4n) is 2.95. The maximum atomic E-state index is 13.5. The van der Waals surface area contributed by atoms with Crippen LogP contribution >= 0.6 is 15.9 Å². The van der Waals surface area contributed by atoms with E-state index in [1.54, 1.807) is 16.6 Å². The molecule has 0 amide bonds. The van der Waals surface area contributed by atoms with E-state index in [0.717, 1.165) is 18.5 Å². The van der Waals surface area contributed by atoms with Crippen molar-refractivity contribution >= 4 is 26.0 Å². The average molecular weight is 441 g/mol. The van der Waals surface area contributed by atoms with E-state index in [2.05, 4.69) is 20.9 Å². The highest BCUT2D eigenvalue weighted by atomic mass is 79.9. The molecular formula is C18H21BrN2O4S. The number of hydrogen-bond acceptors (Lipinski definition) is 5. The van der Waals surface area contributed by atoms with Gasteiger partial charge < -0.3 is 9.47 Å². The Hall–Kier alpha value is -1.64. The van der Waals surface area contributed by atoms with Crippen LogP contribution in [0.2, 0.25) is 0 Å². The van der Waals surface area contributed by atoms with Crippen molar-refractivity contribution in [3.8, 4) is 11.5 Å². The lowest BCUT2D eigenvalue weighted by molar-refractivity contribution is 0.327. The third-order valence-electron chi connectivity index (χ3n) is 4.40. The van der Waals surface area contributed by atoms with Gasteiger partial charge in [-0.2, -0.15) is 4.31 Å². The Balaban J connectivity index is 2.07. The summed E-state index contributed by atoms with van der Waals surface area (Å²) in [4.78, 5) is 4.50. The fraction of sp³-hybridized carbons (Fsp3) is 0.389. The van der Waals surface area contributed by atoms with E-state index in [1.165, 1.54) is 20.3 Å². The monoisotopic (exact) mass is 440 g/mol. The minimum Gasteiger partial charge on any atom is -0.493 e. The second-order valence-corrected chi connectivity index (χ2v) is 8.80. The highest BCUT2D eigenvalue weighted by molar-refractivity contribution is 9.10. The Morgan fingerprint density at radius 1 is 1.19 bits per heavy atom. The van der Waals surface area contributed by atoms with Gasteiger partial charge in [-0.1, -0.05) is 6.07 Å². The topological polar surface area (TPSA) is 68.7 Å². The zero-order valence-corrected chi connectivity index (χ0v) is 17.2. The van der Waals surface area contributed by atoms with Gasteiger partial charge in [0.05, 0.1) is 26.0 Å². The highest BCUT2D eigenvalue weighted by Gasteiger charge is 2.43. The van der Waals surface area contributed by atoms with Crippen molar-refractivity contribution in [2.75, 3.05) is 14.2 Å². The van der Waals surface area contributed by atoms with Gasteiger partial charge in [-0.15, -0.1) is 0 Å². The highest BCUT2D eigenvalue weighted by Crippen LogP contribution is 2.42. The molecule has 1 aliphatic rings. The molecule has 1 fully saturated rings. The van der Waals surface area contributed by atoms with E-state index in [1.807, 2.05) is 25.1 Å². The molecule has 1 aromatic carbocycles. The van der Waals surface area contributed by atoms with Crippen molar-refractivity contribution in [3.05, 3.63) is 46.7 Å². The molecule has 8 heteroatoms. The minimum absolute atomic E-state index is 0.0167. The molecule has 0 N–H and O–H groups in total. The Morgan fingerprint density at radius 3 is 2.38 bits per heavy atom. The SMILES string of the molecule is COc1cc(Br)c(S(=O)(=O)N(C2CC2)C(C)c2ccccn2)cc1OC. The molecule has 1 unspecified atom stereocenters. The van der Waals surface area contributed by atoms with Crippen molar-refractivity contribution in [1.29, 1.82) is 0 Å². The zero-order valence-electron chi connectivity index (χ0n) is 14.8. The molecule has 0 bridgehead atoms. The van der Waals surface area contributed by atoms with E-state index in [9.17, 15) is 8.42 Å². The van der Waals surface area contributed by atoms with Crippen LogP contribution in [-0.2, 0) is 10.0 Å². The molecule has 0 aliphatic heterocycles. The molecule has 1 aromatic heterocycles. The second-order valence-electron chi connectivity index (χ2n) is 6.13. The number of ether oxygens (including phenoxy) is 2. The summed E-state index contributed by atoms with van der Waals surface area (Å²) in [5.74, 6) is 0.838. The van der Waals surface area contributed by atoms with E-state index in [-0.39, 0.29) is 17.0 Å². The molecule has 0 radical (unpaired) electrons. The third kappa shape index (κ3) is 3.58. The maximum Gasteiger partial charge on any atom is 0.245 e. The summed E-state index contributed by atoms with van der Waals surface area (Å²) >= 11 is 3.37. The quantitative estimate of drug-likeness (QED) is 0.654. The van der Waals surface area contributed by atoms with Crippen molar-refractivity contribution in [2.45, 2.75) is 36.7 Å². The van der Waals surface area contributed by atoms with E-state index in [0.29, 0.717) is 16.0 Å². The Morgan fingerprint density at radius 2 is 1.85 bits per heavy atom. The van der Waals surface area contributed by atoms with Gasteiger partial charge in [-0.3, -0.25) is 4.98 Å². The minimum atomic E-state index is -3.76. The fourth-order valence-corrected chi connectivity index (χ4v) is 5.80. The van der Waals surface area contributed by atoms with Crippen molar-refractivity contribution < 1.29 is 17.9 Å². The van der Waals surface area contributed by atoms with Crippen molar-refractivity contribution in [1.82, 2.24) is 9.29 Å². The normalized spacial score (nSPS) is 15.7. The molecule has 140 valence electrons. The molecule has 0 spiro atoms. The Bertz CT molecular complexity index is 886. The van der Waals surface area contributed by atoms with Crippen LogP contribution in [0.5, 0.6) is 11.5 Å². The summed E-state index contributed by atoms with van der Waals surface area (Å²) in [5.41, 5.74) is 0.722. The molecule has 1 heterocycles. The van der Waals surface area contributed by atoms with E-state index < -0.39 is 10.0 Å². The number of aromatic nitrogens is 1. The number of halogens is 1. The maximum absolute atomic E-state index is 13.5. The number of pyridine rings is 1. The lowest BCUT2D eigenvalue weighted by atomic mass is 10.2. The number of hydrogen-bond donors (Lipinski definition) is 0. The largest absolute Gasteiger partial charge is 0.493 e. The Labute approximate surface area is 162 Å². The number of rotatable bonds is 7. The molecular weight excluding hydrogens is 420 g/mol. The third-order valence-corrected chi connectivity index (χ3v) is 7.38. The van der Waals surface area contributed by atoms with Crippen LogP contribution < -0.4 is 9.47 Å². The van der Waals surface area contributed by atoms with Gasteiger partial charge in [0.2, 0.25) is 10.0 Å². The summed E-state index contributed by atoms with van der Waals surface area (Å²) in [6, 6.07) is 8.26. The van der Waals surface area contributed by atoms with E-state index in [4.69, 9.17) is 9.47 Å². The summed E-state index contributed by atoms with van der Waals surface area (Å²) in [7, 11) is -0.767. The van der Waals surface area contributed by atoms with Gasteiger partial charge in [0.15, 0.2) is 11.5 Å². The molecule has 2 aromatic rings. The zero-order chi connectivity index (χ0) is 18.9. The van der Waals surface area contributed by atoms with Gasteiger partial charge in [-0.25, -0.2) is 8.42 Å². The summed E-state index contributed by atoms with van der Waals surface area (Å²) in [5, 5.41) is 0. The lowest BCUT2D eigenvalue weighted by Gasteiger charge is -2.28. The number of benzene rings is 1. The first-order valence-electron chi connectivity index (χ1n) is 8.26. The first-order valence-corrected chi connectivity index (χ1v) is 10.5. The predicted octanol–water partition coefficient (Wildman–Crippen LogP) is 3.78. The Kier molecular flexibility index (Phi) is 5.55. The lowest BCUT2D eigenvalue weighted by Crippen LogP contribution is -2.36. The standard InChI is InChI=1S/C18H21BrN2O4S/c1-12(15-6-4-5-9-20-15)21(13-7-8-13)26(22,23)18-11-17(25-3)16(24-2)10-14(18)19/h4-6,9-13H,7-8H2,1-3H3. The smallest absolute Gasteiger partial charge is 0.245 e. The summed E-state index contributed by atoms with van der Waals surface area (Å²) < 4.78 is 39.5. The molecule has 1 saturated carbocycles. The van der Waals surface area contributed by atoms with Crippen LogP contribution in [-0.4, -0.2) is 38.0 Å². The van der Waals surface area contributed by atoms with Crippen molar-refractivity contribution in [2.24, 2.45) is 0 Å². The van der Waals surface area contributed by atoms with Gasteiger partial charge in [0.1, 0.15) is 4.90 Å². The van der Waals surface area contributed by atoms with Crippen LogP contribution in [0.1, 0.15) is 31.5 Å². The van der Waals surface area contributed by atoms with Crippen LogP contribution in [0.25, 0.3) is 0 Å². The van der Waals surface area contributed by atoms with Gasteiger partial charge >= 0.3 is 0 Å². The van der Waals surface area contributed by atoms with Crippen molar-refractivity contribution in [3.63, 3.8) is 0 Å². The molecule has 3 rings (SSSR count). The summed E-state index contributed by atoms with van der Waals surface area (Å²) in [6.45, 7) is 1.87. The first-order chi connectivity index (χ1) is 12.4. The first kappa shape index (κ1) is 19.1. The number of nitrogens with zero attached hydrogens (tertiary/aromatic N) is 2. The van der Waals surface area contributed by atoms with Crippen LogP contribution in [0, 0.1) is 0 Å². The number of methoxy groups -OCH3 is 2. The van der Waals surface area contributed by atoms with Crippen LogP contribution in [0.3, 0.4) is 0 Å². The molecule has 0 saturated heterocycles. The average Bonchev–Trinajstić information content (AvgIpc) is 3.46. The van der Waals surface area contributed by atoms with Gasteiger partial charge in [-0.05, 0) is 53.9 Å². The van der Waals surface area contributed by atoms with E-state index >= 15 is 0 Å². The van der Waals surface area contributed by atoms with Gasteiger partial charge in [0.25, 0.3) is 0 Å². The summed E-state index contributed by atoms with van der Waals surface area (Å²) in [6.07, 6.45) is 3.37. The molecule has 1 aliphatic carbocycles. The predicted molar refractivity (Wildman–Crippen MR) is 102 cm³/mol. The molecule has 6 nitrogen and oxygen atoms in total. The second kappa shape index (κ2) is 7.54. The van der Waals surface area contributed by atoms with Crippen LogP contribution in [0.4, 0.5) is 0 Å². The number of sulfonamides is 1. The van der Waals surface area contributed by atoms with Gasteiger partial charge in [0, 0.05) is 22.8 Å².